The minimum atomic E-state index is -0.320. The average molecular weight is 263 g/mol. The minimum Gasteiger partial charge on any atom is -0.423 e. The second kappa shape index (κ2) is 4.31. The Kier molecular flexibility index (Phi) is 2.64. The topological polar surface area (TPSA) is 38.1 Å². The number of halogens is 2. The molecule has 3 rings (SSSR count). The van der Waals surface area contributed by atoms with Crippen LogP contribution in [0.5, 0.6) is 0 Å². The molecule has 18 heavy (non-hydrogen) atoms. The van der Waals surface area contributed by atoms with Gasteiger partial charge in [-0.25, -0.2) is 4.39 Å². The lowest BCUT2D eigenvalue weighted by atomic mass is 10.3. The highest BCUT2D eigenvalue weighted by Gasteiger charge is 2.06. The lowest BCUT2D eigenvalue weighted by Crippen LogP contribution is -1.90. The number of aromatic nitrogens is 1. The van der Waals surface area contributed by atoms with Crippen molar-refractivity contribution in [2.75, 3.05) is 5.32 Å². The summed E-state index contributed by atoms with van der Waals surface area (Å²) in [6.45, 7) is 0. The maximum Gasteiger partial charge on any atom is 0.300 e. The molecule has 2 aromatic carbocycles. The molecule has 90 valence electrons. The third-order valence-electron chi connectivity index (χ3n) is 2.43. The van der Waals surface area contributed by atoms with Crippen molar-refractivity contribution < 1.29 is 8.81 Å². The Morgan fingerprint density at radius 2 is 2.06 bits per heavy atom. The zero-order chi connectivity index (χ0) is 12.5. The van der Waals surface area contributed by atoms with Gasteiger partial charge in [-0.15, -0.1) is 0 Å². The Bertz CT molecular complexity index is 711. The number of fused-ring (bicyclic) bond motifs is 1. The molecule has 5 heteroatoms. The highest BCUT2D eigenvalue weighted by atomic mass is 35.5. The summed E-state index contributed by atoms with van der Waals surface area (Å²) in [5, 5.41) is 3.48. The van der Waals surface area contributed by atoms with Gasteiger partial charge in [0.1, 0.15) is 11.3 Å². The number of oxazole rings is 1. The molecule has 0 saturated carbocycles. The van der Waals surface area contributed by atoms with Gasteiger partial charge >= 0.3 is 0 Å². The Balaban J connectivity index is 1.95. The smallest absolute Gasteiger partial charge is 0.300 e. The highest BCUT2D eigenvalue weighted by molar-refractivity contribution is 6.31. The quantitative estimate of drug-likeness (QED) is 0.745. The first-order valence-electron chi connectivity index (χ1n) is 5.29. The van der Waals surface area contributed by atoms with E-state index in [0.29, 0.717) is 27.8 Å². The Hall–Kier alpha value is -2.07. The highest BCUT2D eigenvalue weighted by Crippen LogP contribution is 2.24. The fourth-order valence-electron chi connectivity index (χ4n) is 1.64. The first-order chi connectivity index (χ1) is 8.70. The summed E-state index contributed by atoms with van der Waals surface area (Å²) in [5.74, 6) is -0.320. The SMILES string of the molecule is Fc1cccc(Nc2nc3cc(Cl)ccc3o2)c1. The third kappa shape index (κ3) is 2.15. The minimum absolute atomic E-state index is 0.304. The van der Waals surface area contributed by atoms with Gasteiger partial charge in [0.15, 0.2) is 5.58 Å². The molecular formula is C13H8ClFN2O. The van der Waals surface area contributed by atoms with Gasteiger partial charge in [-0.1, -0.05) is 17.7 Å². The van der Waals surface area contributed by atoms with Crippen molar-refractivity contribution in [2.45, 2.75) is 0 Å². The molecule has 1 aromatic heterocycles. The van der Waals surface area contributed by atoms with Crippen molar-refractivity contribution in [1.29, 1.82) is 0 Å². The van der Waals surface area contributed by atoms with Crippen LogP contribution in [0.3, 0.4) is 0 Å². The second-order valence-corrected chi connectivity index (χ2v) is 4.20. The first kappa shape index (κ1) is 11.0. The number of hydrogen-bond acceptors (Lipinski definition) is 3. The van der Waals surface area contributed by atoms with Gasteiger partial charge in [0.2, 0.25) is 0 Å². The van der Waals surface area contributed by atoms with Gasteiger partial charge in [0.05, 0.1) is 0 Å². The van der Waals surface area contributed by atoms with Crippen LogP contribution in [0.1, 0.15) is 0 Å². The van der Waals surface area contributed by atoms with Gasteiger partial charge in [0, 0.05) is 10.7 Å². The summed E-state index contributed by atoms with van der Waals surface area (Å²) in [7, 11) is 0. The third-order valence-corrected chi connectivity index (χ3v) is 2.66. The van der Waals surface area contributed by atoms with Gasteiger partial charge < -0.3 is 9.73 Å². The molecular weight excluding hydrogens is 255 g/mol. The van der Waals surface area contributed by atoms with E-state index < -0.39 is 0 Å². The van der Waals surface area contributed by atoms with Crippen LogP contribution in [-0.4, -0.2) is 4.98 Å². The van der Waals surface area contributed by atoms with Crippen LogP contribution in [0, 0.1) is 5.82 Å². The number of hydrogen-bond donors (Lipinski definition) is 1. The Morgan fingerprint density at radius 1 is 1.17 bits per heavy atom. The number of nitrogens with zero attached hydrogens (tertiary/aromatic N) is 1. The standard InChI is InChI=1S/C13H8ClFN2O/c14-8-4-5-12-11(6-8)17-13(18-12)16-10-3-1-2-9(15)7-10/h1-7H,(H,16,17). The fraction of sp³-hybridized carbons (Fsp3) is 0. The van der Waals surface area contributed by atoms with E-state index in [1.165, 1.54) is 12.1 Å². The number of nitrogens with one attached hydrogen (secondary N) is 1. The molecule has 3 nitrogen and oxygen atoms in total. The van der Waals surface area contributed by atoms with Crippen molar-refractivity contribution in [3.63, 3.8) is 0 Å². The largest absolute Gasteiger partial charge is 0.423 e. The molecule has 0 atom stereocenters. The zero-order valence-corrected chi connectivity index (χ0v) is 9.91. The number of benzene rings is 2. The molecule has 1 N–H and O–H groups in total. The zero-order valence-electron chi connectivity index (χ0n) is 9.15. The van der Waals surface area contributed by atoms with Crippen molar-refractivity contribution in [3.05, 3.63) is 53.3 Å². The Labute approximate surface area is 107 Å². The molecule has 0 aliphatic carbocycles. The van der Waals surface area contributed by atoms with Gasteiger partial charge in [-0.05, 0) is 36.4 Å². The molecule has 0 bridgehead atoms. The van der Waals surface area contributed by atoms with Crippen LogP contribution >= 0.6 is 11.6 Å². The summed E-state index contributed by atoms with van der Waals surface area (Å²) in [6.07, 6.45) is 0. The summed E-state index contributed by atoms with van der Waals surface area (Å²) in [5.41, 5.74) is 1.85. The van der Waals surface area contributed by atoms with E-state index in [-0.39, 0.29) is 5.82 Å². The lowest BCUT2D eigenvalue weighted by molar-refractivity contribution is 0.620. The summed E-state index contributed by atoms with van der Waals surface area (Å²) in [6, 6.07) is 11.5. The normalized spacial score (nSPS) is 10.8. The van der Waals surface area contributed by atoms with E-state index in [9.17, 15) is 4.39 Å². The van der Waals surface area contributed by atoms with Gasteiger partial charge in [-0.2, -0.15) is 4.98 Å². The second-order valence-electron chi connectivity index (χ2n) is 3.77. The molecule has 3 aromatic rings. The molecule has 0 radical (unpaired) electrons. The van der Waals surface area contributed by atoms with Gasteiger partial charge in [0.25, 0.3) is 6.01 Å². The molecule has 0 amide bonds. The van der Waals surface area contributed by atoms with Crippen LogP contribution < -0.4 is 5.32 Å². The fourth-order valence-corrected chi connectivity index (χ4v) is 1.81. The van der Waals surface area contributed by atoms with Crippen molar-refractivity contribution >= 4 is 34.4 Å². The lowest BCUT2D eigenvalue weighted by Gasteiger charge is -2.00. The monoisotopic (exact) mass is 262 g/mol. The van der Waals surface area contributed by atoms with Gasteiger partial charge in [-0.3, -0.25) is 0 Å². The van der Waals surface area contributed by atoms with E-state index in [1.54, 1.807) is 30.3 Å². The van der Waals surface area contributed by atoms with E-state index in [2.05, 4.69) is 10.3 Å². The van der Waals surface area contributed by atoms with E-state index in [0.717, 1.165) is 0 Å². The van der Waals surface area contributed by atoms with Crippen LogP contribution in [0.4, 0.5) is 16.1 Å². The van der Waals surface area contributed by atoms with Crippen molar-refractivity contribution in [2.24, 2.45) is 0 Å². The predicted octanol–water partition coefficient (Wildman–Crippen LogP) is 4.36. The predicted molar refractivity (Wildman–Crippen MR) is 68.7 cm³/mol. The molecule has 1 heterocycles. The van der Waals surface area contributed by atoms with Crippen molar-refractivity contribution in [1.82, 2.24) is 4.98 Å². The molecule has 0 spiro atoms. The average Bonchev–Trinajstić information content (AvgIpc) is 2.70. The summed E-state index contributed by atoms with van der Waals surface area (Å²) < 4.78 is 18.5. The first-order valence-corrected chi connectivity index (χ1v) is 5.67. The van der Waals surface area contributed by atoms with Crippen LogP contribution in [0.25, 0.3) is 11.1 Å². The maximum absolute atomic E-state index is 13.0. The number of rotatable bonds is 2. The van der Waals surface area contributed by atoms with E-state index in [4.69, 9.17) is 16.0 Å². The van der Waals surface area contributed by atoms with Crippen LogP contribution in [-0.2, 0) is 0 Å². The maximum atomic E-state index is 13.0. The molecule has 0 unspecified atom stereocenters. The molecule has 0 saturated heterocycles. The van der Waals surface area contributed by atoms with Crippen LogP contribution in [0.15, 0.2) is 46.9 Å². The summed E-state index contributed by atoms with van der Waals surface area (Å²) in [4.78, 5) is 4.21. The Morgan fingerprint density at radius 3 is 2.89 bits per heavy atom. The number of anilines is 2. The van der Waals surface area contributed by atoms with Crippen molar-refractivity contribution in [3.8, 4) is 0 Å². The van der Waals surface area contributed by atoms with E-state index in [1.807, 2.05) is 0 Å². The summed E-state index contributed by atoms with van der Waals surface area (Å²) >= 11 is 5.86. The van der Waals surface area contributed by atoms with E-state index >= 15 is 0 Å². The van der Waals surface area contributed by atoms with Crippen LogP contribution in [0.2, 0.25) is 5.02 Å². The molecule has 0 fully saturated rings. The molecule has 0 aliphatic heterocycles. The molecule has 0 aliphatic rings.